The maximum absolute atomic E-state index is 12.1. The molecule has 0 unspecified atom stereocenters. The zero-order valence-corrected chi connectivity index (χ0v) is 13.4. The van der Waals surface area contributed by atoms with Crippen molar-refractivity contribution in [3.8, 4) is 0 Å². The molecule has 24 heavy (non-hydrogen) atoms. The van der Waals surface area contributed by atoms with Crippen molar-refractivity contribution in [2.75, 3.05) is 5.32 Å². The van der Waals surface area contributed by atoms with Crippen LogP contribution in [0.4, 0.5) is 5.82 Å². The molecule has 1 amide bonds. The van der Waals surface area contributed by atoms with Crippen molar-refractivity contribution in [2.45, 2.75) is 13.5 Å². The predicted molar refractivity (Wildman–Crippen MR) is 94.4 cm³/mol. The van der Waals surface area contributed by atoms with Gasteiger partial charge in [-0.1, -0.05) is 36.4 Å². The molecule has 0 bridgehead atoms. The molecule has 3 aromatic rings. The number of aromatic nitrogens is 3. The number of amides is 1. The Balaban J connectivity index is 1.71. The molecule has 0 spiro atoms. The molecule has 2 aromatic heterocycles. The molecule has 2 heterocycles. The van der Waals surface area contributed by atoms with Crippen LogP contribution in [0.5, 0.6) is 0 Å². The van der Waals surface area contributed by atoms with Crippen molar-refractivity contribution in [3.05, 3.63) is 83.8 Å². The lowest BCUT2D eigenvalue weighted by atomic mass is 10.2. The summed E-state index contributed by atoms with van der Waals surface area (Å²) in [6.07, 6.45) is 4.84. The van der Waals surface area contributed by atoms with E-state index in [9.17, 15) is 4.79 Å². The Hall–Kier alpha value is -3.21. The summed E-state index contributed by atoms with van der Waals surface area (Å²) in [5, 5.41) is 7.31. The number of rotatable bonds is 5. The standard InChI is InChI=1S/C19H18N4O/c1-15-13-18(23(22-15)14-16-7-3-2-4-8-16)21-19(24)11-10-17-9-5-6-12-20-17/h2-13H,14H2,1H3,(H,21,24). The van der Waals surface area contributed by atoms with Crippen LogP contribution in [0.3, 0.4) is 0 Å². The number of benzene rings is 1. The molecule has 5 nitrogen and oxygen atoms in total. The number of nitrogens with one attached hydrogen (secondary N) is 1. The van der Waals surface area contributed by atoms with E-state index in [-0.39, 0.29) is 5.91 Å². The largest absolute Gasteiger partial charge is 0.307 e. The fraction of sp³-hybridized carbons (Fsp3) is 0.105. The minimum Gasteiger partial charge on any atom is -0.307 e. The number of anilines is 1. The van der Waals surface area contributed by atoms with Gasteiger partial charge in [0.05, 0.1) is 17.9 Å². The molecule has 0 fully saturated rings. The van der Waals surface area contributed by atoms with Crippen LogP contribution < -0.4 is 5.32 Å². The third-order valence-corrected chi connectivity index (χ3v) is 3.42. The van der Waals surface area contributed by atoms with Gasteiger partial charge < -0.3 is 5.32 Å². The van der Waals surface area contributed by atoms with E-state index < -0.39 is 0 Å². The minimum absolute atomic E-state index is 0.213. The Bertz CT molecular complexity index is 838. The average molecular weight is 318 g/mol. The Kier molecular flexibility index (Phi) is 4.81. The fourth-order valence-electron chi connectivity index (χ4n) is 2.33. The second kappa shape index (κ2) is 7.37. The molecule has 0 radical (unpaired) electrons. The molecular formula is C19H18N4O. The average Bonchev–Trinajstić information content (AvgIpc) is 2.94. The first kappa shape index (κ1) is 15.7. The molecule has 1 N–H and O–H groups in total. The van der Waals surface area contributed by atoms with Crippen LogP contribution in [0.15, 0.2) is 66.9 Å². The first-order valence-electron chi connectivity index (χ1n) is 7.69. The third kappa shape index (κ3) is 4.16. The van der Waals surface area contributed by atoms with E-state index >= 15 is 0 Å². The van der Waals surface area contributed by atoms with E-state index in [2.05, 4.69) is 15.4 Å². The van der Waals surface area contributed by atoms with E-state index in [0.29, 0.717) is 12.4 Å². The van der Waals surface area contributed by atoms with Crippen LogP contribution in [0.1, 0.15) is 17.0 Å². The van der Waals surface area contributed by atoms with E-state index in [1.165, 1.54) is 6.08 Å². The van der Waals surface area contributed by atoms with Crippen molar-refractivity contribution in [3.63, 3.8) is 0 Å². The molecule has 0 aliphatic heterocycles. The Morgan fingerprint density at radius 2 is 1.96 bits per heavy atom. The highest BCUT2D eigenvalue weighted by molar-refractivity contribution is 6.01. The lowest BCUT2D eigenvalue weighted by Gasteiger charge is -2.07. The molecule has 0 saturated carbocycles. The van der Waals surface area contributed by atoms with Crippen molar-refractivity contribution >= 4 is 17.8 Å². The van der Waals surface area contributed by atoms with Crippen molar-refractivity contribution < 1.29 is 4.79 Å². The fourth-order valence-corrected chi connectivity index (χ4v) is 2.33. The number of carbonyl (C=O) groups is 1. The highest BCUT2D eigenvalue weighted by atomic mass is 16.1. The van der Waals surface area contributed by atoms with Gasteiger partial charge in [0.15, 0.2) is 0 Å². The molecule has 0 aliphatic rings. The normalized spacial score (nSPS) is 10.9. The Morgan fingerprint density at radius 3 is 2.71 bits per heavy atom. The summed E-state index contributed by atoms with van der Waals surface area (Å²) in [6.45, 7) is 2.51. The molecule has 5 heteroatoms. The zero-order chi connectivity index (χ0) is 16.8. The first-order chi connectivity index (χ1) is 11.7. The van der Waals surface area contributed by atoms with E-state index in [1.807, 2.05) is 61.5 Å². The summed E-state index contributed by atoms with van der Waals surface area (Å²) < 4.78 is 1.79. The monoisotopic (exact) mass is 318 g/mol. The smallest absolute Gasteiger partial charge is 0.249 e. The van der Waals surface area contributed by atoms with E-state index in [0.717, 1.165) is 17.0 Å². The predicted octanol–water partition coefficient (Wildman–Crippen LogP) is 3.29. The number of carbonyl (C=O) groups excluding carboxylic acids is 1. The lowest BCUT2D eigenvalue weighted by molar-refractivity contribution is -0.111. The van der Waals surface area contributed by atoms with E-state index in [4.69, 9.17) is 0 Å². The molecule has 0 saturated heterocycles. The summed E-state index contributed by atoms with van der Waals surface area (Å²) in [5.74, 6) is 0.460. The highest BCUT2D eigenvalue weighted by Gasteiger charge is 2.08. The topological polar surface area (TPSA) is 59.8 Å². The lowest BCUT2D eigenvalue weighted by Crippen LogP contribution is -2.13. The first-order valence-corrected chi connectivity index (χ1v) is 7.69. The molecule has 0 atom stereocenters. The quantitative estimate of drug-likeness (QED) is 0.734. The number of aryl methyl sites for hydroxylation is 1. The summed E-state index contributed by atoms with van der Waals surface area (Å²) in [4.78, 5) is 16.3. The van der Waals surface area contributed by atoms with Crippen LogP contribution in [0, 0.1) is 6.92 Å². The maximum atomic E-state index is 12.1. The Labute approximate surface area is 140 Å². The van der Waals surface area contributed by atoms with Crippen LogP contribution in [-0.2, 0) is 11.3 Å². The van der Waals surface area contributed by atoms with Gasteiger partial charge in [-0.25, -0.2) is 4.68 Å². The van der Waals surface area contributed by atoms with Crippen molar-refractivity contribution in [1.82, 2.24) is 14.8 Å². The van der Waals surface area contributed by atoms with Crippen LogP contribution in [-0.4, -0.2) is 20.7 Å². The van der Waals surface area contributed by atoms with Gasteiger partial charge in [-0.3, -0.25) is 9.78 Å². The zero-order valence-electron chi connectivity index (χ0n) is 13.4. The summed E-state index contributed by atoms with van der Waals surface area (Å²) in [6, 6.07) is 17.4. The minimum atomic E-state index is -0.213. The van der Waals surface area contributed by atoms with Gasteiger partial charge in [-0.05, 0) is 30.7 Å². The summed E-state index contributed by atoms with van der Waals surface area (Å²) >= 11 is 0. The SMILES string of the molecule is Cc1cc(NC(=O)C=Cc2ccccn2)n(Cc2ccccc2)n1. The molecule has 3 rings (SSSR count). The van der Waals surface area contributed by atoms with Crippen LogP contribution in [0.2, 0.25) is 0 Å². The van der Waals surface area contributed by atoms with Crippen molar-refractivity contribution in [2.24, 2.45) is 0 Å². The molecule has 1 aromatic carbocycles. The molecule has 120 valence electrons. The number of pyridine rings is 1. The van der Waals surface area contributed by atoms with Gasteiger partial charge in [-0.2, -0.15) is 5.10 Å². The second-order valence-electron chi connectivity index (χ2n) is 5.39. The van der Waals surface area contributed by atoms with E-state index in [1.54, 1.807) is 17.0 Å². The van der Waals surface area contributed by atoms with Gasteiger partial charge in [0.25, 0.3) is 0 Å². The molecule has 0 aliphatic carbocycles. The second-order valence-corrected chi connectivity index (χ2v) is 5.39. The highest BCUT2D eigenvalue weighted by Crippen LogP contribution is 2.13. The number of hydrogen-bond donors (Lipinski definition) is 1. The van der Waals surface area contributed by atoms with Gasteiger partial charge in [0.1, 0.15) is 5.82 Å². The van der Waals surface area contributed by atoms with Gasteiger partial charge in [0, 0.05) is 18.3 Å². The van der Waals surface area contributed by atoms with Gasteiger partial charge in [0.2, 0.25) is 5.91 Å². The van der Waals surface area contributed by atoms with Crippen LogP contribution in [0.25, 0.3) is 6.08 Å². The van der Waals surface area contributed by atoms with Gasteiger partial charge in [-0.15, -0.1) is 0 Å². The Morgan fingerprint density at radius 1 is 1.17 bits per heavy atom. The molecular weight excluding hydrogens is 300 g/mol. The van der Waals surface area contributed by atoms with Crippen molar-refractivity contribution in [1.29, 1.82) is 0 Å². The van der Waals surface area contributed by atoms with Crippen LogP contribution >= 0.6 is 0 Å². The number of hydrogen-bond acceptors (Lipinski definition) is 3. The van der Waals surface area contributed by atoms with Gasteiger partial charge >= 0.3 is 0 Å². The summed E-state index contributed by atoms with van der Waals surface area (Å²) in [5.41, 5.74) is 2.72. The number of nitrogens with zero attached hydrogens (tertiary/aromatic N) is 3. The summed E-state index contributed by atoms with van der Waals surface area (Å²) in [7, 11) is 0. The third-order valence-electron chi connectivity index (χ3n) is 3.42. The maximum Gasteiger partial charge on any atom is 0.249 e.